The zero-order valence-electron chi connectivity index (χ0n) is 8.75. The van der Waals surface area contributed by atoms with E-state index in [9.17, 15) is 13.2 Å². The molecule has 5 heteroatoms. The molecule has 1 aromatic rings. The Balaban J connectivity index is 2.53. The van der Waals surface area contributed by atoms with Crippen molar-refractivity contribution in [3.05, 3.63) is 29.8 Å². The first kappa shape index (κ1) is 11.1. The SMILES string of the molecule is CC(C(=O)O)C1CS(=O)(=O)c2ccccc21. The summed E-state index contributed by atoms with van der Waals surface area (Å²) in [6.45, 7) is 1.55. The third-order valence-corrected chi connectivity index (χ3v) is 4.89. The first-order valence-electron chi connectivity index (χ1n) is 4.98. The highest BCUT2D eigenvalue weighted by Gasteiger charge is 2.39. The molecule has 1 aliphatic rings. The van der Waals surface area contributed by atoms with Crippen molar-refractivity contribution in [1.29, 1.82) is 0 Å². The molecule has 16 heavy (non-hydrogen) atoms. The molecule has 86 valence electrons. The van der Waals surface area contributed by atoms with Crippen molar-refractivity contribution in [1.82, 2.24) is 0 Å². The van der Waals surface area contributed by atoms with Crippen LogP contribution in [0, 0.1) is 5.92 Å². The van der Waals surface area contributed by atoms with Crippen molar-refractivity contribution in [2.24, 2.45) is 5.92 Å². The predicted molar refractivity (Wildman–Crippen MR) is 58.0 cm³/mol. The summed E-state index contributed by atoms with van der Waals surface area (Å²) < 4.78 is 23.6. The van der Waals surface area contributed by atoms with Crippen LogP contribution in [0.1, 0.15) is 18.4 Å². The number of benzene rings is 1. The highest BCUT2D eigenvalue weighted by molar-refractivity contribution is 7.91. The summed E-state index contributed by atoms with van der Waals surface area (Å²) >= 11 is 0. The van der Waals surface area contributed by atoms with E-state index in [1.807, 2.05) is 0 Å². The Hall–Kier alpha value is -1.36. The average Bonchev–Trinajstić information content (AvgIpc) is 2.51. The molecule has 0 spiro atoms. The molecule has 0 aromatic heterocycles. The highest BCUT2D eigenvalue weighted by Crippen LogP contribution is 2.39. The molecule has 0 saturated carbocycles. The minimum atomic E-state index is -3.30. The van der Waals surface area contributed by atoms with Gasteiger partial charge in [0.15, 0.2) is 9.84 Å². The lowest BCUT2D eigenvalue weighted by Crippen LogP contribution is -2.20. The lowest BCUT2D eigenvalue weighted by molar-refractivity contribution is -0.141. The van der Waals surface area contributed by atoms with Crippen LogP contribution >= 0.6 is 0 Å². The first-order valence-corrected chi connectivity index (χ1v) is 6.63. The van der Waals surface area contributed by atoms with E-state index in [4.69, 9.17) is 5.11 Å². The normalized spacial score (nSPS) is 23.7. The van der Waals surface area contributed by atoms with Gasteiger partial charge in [0, 0.05) is 5.92 Å². The largest absolute Gasteiger partial charge is 0.481 e. The summed E-state index contributed by atoms with van der Waals surface area (Å²) in [5.74, 6) is -2.17. The Labute approximate surface area is 93.8 Å². The van der Waals surface area contributed by atoms with Crippen LogP contribution in [0.2, 0.25) is 0 Å². The van der Waals surface area contributed by atoms with Gasteiger partial charge in [-0.25, -0.2) is 8.42 Å². The third-order valence-electron chi connectivity index (χ3n) is 3.05. The quantitative estimate of drug-likeness (QED) is 0.845. The van der Waals surface area contributed by atoms with Gasteiger partial charge in [-0.3, -0.25) is 4.79 Å². The lowest BCUT2D eigenvalue weighted by Gasteiger charge is -2.14. The highest BCUT2D eigenvalue weighted by atomic mass is 32.2. The summed E-state index contributed by atoms with van der Waals surface area (Å²) in [6, 6.07) is 6.63. The zero-order valence-corrected chi connectivity index (χ0v) is 9.57. The molecule has 0 aliphatic carbocycles. The maximum absolute atomic E-state index is 11.8. The van der Waals surface area contributed by atoms with Gasteiger partial charge in [-0.2, -0.15) is 0 Å². The maximum atomic E-state index is 11.8. The van der Waals surface area contributed by atoms with E-state index < -0.39 is 27.6 Å². The zero-order chi connectivity index (χ0) is 11.9. The van der Waals surface area contributed by atoms with E-state index in [1.165, 1.54) is 0 Å². The van der Waals surface area contributed by atoms with Gasteiger partial charge >= 0.3 is 5.97 Å². The predicted octanol–water partition coefficient (Wildman–Crippen LogP) is 1.28. The van der Waals surface area contributed by atoms with Gasteiger partial charge in [0.05, 0.1) is 16.6 Å². The molecule has 0 saturated heterocycles. The first-order chi connectivity index (χ1) is 7.43. The van der Waals surface area contributed by atoms with Gasteiger partial charge in [0.25, 0.3) is 0 Å². The number of carboxylic acid groups (broad SMARTS) is 1. The van der Waals surface area contributed by atoms with Gasteiger partial charge in [-0.05, 0) is 11.6 Å². The maximum Gasteiger partial charge on any atom is 0.306 e. The number of fused-ring (bicyclic) bond motifs is 1. The molecular weight excluding hydrogens is 228 g/mol. The van der Waals surface area contributed by atoms with E-state index in [1.54, 1.807) is 31.2 Å². The molecule has 1 N–H and O–H groups in total. The molecule has 2 unspecified atom stereocenters. The summed E-state index contributed by atoms with van der Waals surface area (Å²) in [5.41, 5.74) is 0.636. The van der Waals surface area contributed by atoms with Crippen LogP contribution < -0.4 is 0 Å². The van der Waals surface area contributed by atoms with E-state index in [2.05, 4.69) is 0 Å². The van der Waals surface area contributed by atoms with Crippen molar-refractivity contribution < 1.29 is 18.3 Å². The second-order valence-corrected chi connectivity index (χ2v) is 6.06. The Kier molecular flexibility index (Phi) is 2.50. The Morgan fingerprint density at radius 1 is 1.44 bits per heavy atom. The Bertz CT molecular complexity index is 533. The fourth-order valence-corrected chi connectivity index (χ4v) is 4.06. The van der Waals surface area contributed by atoms with E-state index in [0.717, 1.165) is 0 Å². The van der Waals surface area contributed by atoms with Crippen molar-refractivity contribution in [2.45, 2.75) is 17.7 Å². The van der Waals surface area contributed by atoms with E-state index in [-0.39, 0.29) is 10.6 Å². The minimum absolute atomic E-state index is 0.0974. The number of hydrogen-bond acceptors (Lipinski definition) is 3. The minimum Gasteiger partial charge on any atom is -0.481 e. The molecule has 0 bridgehead atoms. The van der Waals surface area contributed by atoms with Gasteiger partial charge in [-0.1, -0.05) is 25.1 Å². The molecule has 2 atom stereocenters. The molecule has 2 rings (SSSR count). The number of carbonyl (C=O) groups is 1. The smallest absolute Gasteiger partial charge is 0.306 e. The summed E-state index contributed by atoms with van der Waals surface area (Å²) in [6.07, 6.45) is 0. The third kappa shape index (κ3) is 1.61. The Morgan fingerprint density at radius 3 is 2.69 bits per heavy atom. The monoisotopic (exact) mass is 240 g/mol. The molecule has 1 aliphatic heterocycles. The van der Waals surface area contributed by atoms with Crippen molar-refractivity contribution in [2.75, 3.05) is 5.75 Å². The van der Waals surface area contributed by atoms with Gasteiger partial charge in [0.1, 0.15) is 0 Å². The summed E-state index contributed by atoms with van der Waals surface area (Å²) in [5, 5.41) is 8.94. The molecular formula is C11H12O4S. The second-order valence-electron chi connectivity index (χ2n) is 4.05. The topological polar surface area (TPSA) is 71.4 Å². The van der Waals surface area contributed by atoms with Gasteiger partial charge in [0.2, 0.25) is 0 Å². The standard InChI is InChI=1S/C11H12O4S/c1-7(11(12)13)9-6-16(14,15)10-5-3-2-4-8(9)10/h2-5,7,9H,6H2,1H3,(H,12,13). The van der Waals surface area contributed by atoms with Crippen molar-refractivity contribution in [3.63, 3.8) is 0 Å². The molecule has 4 nitrogen and oxygen atoms in total. The summed E-state index contributed by atoms with van der Waals surface area (Å²) in [4.78, 5) is 11.2. The summed E-state index contributed by atoms with van der Waals surface area (Å²) in [7, 11) is -3.30. The number of hydrogen-bond donors (Lipinski definition) is 1. The van der Waals surface area contributed by atoms with Crippen molar-refractivity contribution in [3.8, 4) is 0 Å². The van der Waals surface area contributed by atoms with Crippen LogP contribution in [0.15, 0.2) is 29.2 Å². The number of carboxylic acids is 1. The van der Waals surface area contributed by atoms with E-state index >= 15 is 0 Å². The molecule has 1 aromatic carbocycles. The fraction of sp³-hybridized carbons (Fsp3) is 0.364. The average molecular weight is 240 g/mol. The molecule has 0 radical (unpaired) electrons. The van der Waals surface area contributed by atoms with Crippen LogP contribution in [-0.4, -0.2) is 25.2 Å². The van der Waals surface area contributed by atoms with Crippen LogP contribution in [0.25, 0.3) is 0 Å². The van der Waals surface area contributed by atoms with Crippen LogP contribution in [0.4, 0.5) is 0 Å². The van der Waals surface area contributed by atoms with Crippen LogP contribution in [0.3, 0.4) is 0 Å². The van der Waals surface area contributed by atoms with E-state index in [0.29, 0.717) is 5.56 Å². The fourth-order valence-electron chi connectivity index (χ4n) is 2.07. The molecule has 1 heterocycles. The van der Waals surface area contributed by atoms with Crippen molar-refractivity contribution >= 4 is 15.8 Å². The van der Waals surface area contributed by atoms with Crippen LogP contribution in [0.5, 0.6) is 0 Å². The Morgan fingerprint density at radius 2 is 2.06 bits per heavy atom. The second kappa shape index (κ2) is 3.59. The number of aliphatic carboxylic acids is 1. The van der Waals surface area contributed by atoms with Crippen LogP contribution in [-0.2, 0) is 14.6 Å². The molecule has 0 fully saturated rings. The number of sulfone groups is 1. The molecule has 0 amide bonds. The van der Waals surface area contributed by atoms with Gasteiger partial charge in [-0.15, -0.1) is 0 Å². The van der Waals surface area contributed by atoms with Gasteiger partial charge < -0.3 is 5.11 Å². The lowest BCUT2D eigenvalue weighted by atomic mass is 9.89. The number of rotatable bonds is 2.